The number of fused-ring (bicyclic) bond motifs is 1. The van der Waals surface area contributed by atoms with E-state index in [-0.39, 0.29) is 18.4 Å². The summed E-state index contributed by atoms with van der Waals surface area (Å²) in [6, 6.07) is 10.8. The van der Waals surface area contributed by atoms with Gasteiger partial charge in [0.05, 0.1) is 25.6 Å². The molecular formula is C23H23N3O5S. The number of benzene rings is 2. The number of aryl methyl sites for hydroxylation is 1. The Morgan fingerprint density at radius 3 is 2.59 bits per heavy atom. The van der Waals surface area contributed by atoms with Crippen molar-refractivity contribution in [2.75, 3.05) is 37.6 Å². The second kappa shape index (κ2) is 8.88. The molecule has 0 radical (unpaired) electrons. The van der Waals surface area contributed by atoms with Gasteiger partial charge < -0.3 is 19.1 Å². The van der Waals surface area contributed by atoms with E-state index in [1.54, 1.807) is 23.1 Å². The summed E-state index contributed by atoms with van der Waals surface area (Å²) in [5.74, 6) is 1.04. The van der Waals surface area contributed by atoms with Gasteiger partial charge in [-0.05, 0) is 44.2 Å². The van der Waals surface area contributed by atoms with Crippen molar-refractivity contribution < 1.29 is 23.8 Å². The smallest absolute Gasteiger partial charge is 0.265 e. The van der Waals surface area contributed by atoms with Gasteiger partial charge in [-0.15, -0.1) is 11.3 Å². The highest BCUT2D eigenvalue weighted by Crippen LogP contribution is 2.38. The molecule has 0 atom stereocenters. The highest BCUT2D eigenvalue weighted by atomic mass is 32.1. The topological polar surface area (TPSA) is 90.0 Å². The van der Waals surface area contributed by atoms with Gasteiger partial charge in [-0.3, -0.25) is 14.9 Å². The van der Waals surface area contributed by atoms with E-state index in [9.17, 15) is 9.59 Å². The summed E-state index contributed by atoms with van der Waals surface area (Å²) in [7, 11) is 3.00. The van der Waals surface area contributed by atoms with Crippen LogP contribution >= 0.6 is 11.3 Å². The number of rotatable bonds is 6. The van der Waals surface area contributed by atoms with Gasteiger partial charge in [0.15, 0.2) is 11.7 Å². The molecule has 1 N–H and O–H groups in total. The Labute approximate surface area is 189 Å². The molecule has 0 saturated carbocycles. The maximum atomic E-state index is 13.0. The Morgan fingerprint density at radius 2 is 1.94 bits per heavy atom. The molecule has 9 heteroatoms. The molecule has 0 aliphatic carbocycles. The summed E-state index contributed by atoms with van der Waals surface area (Å²) in [6.45, 7) is 4.45. The molecule has 32 heavy (non-hydrogen) atoms. The van der Waals surface area contributed by atoms with Crippen molar-refractivity contribution in [3.05, 3.63) is 46.8 Å². The largest absolute Gasteiger partial charge is 0.496 e. The third-order valence-electron chi connectivity index (χ3n) is 5.16. The number of amides is 2. The summed E-state index contributed by atoms with van der Waals surface area (Å²) in [6.07, 6.45) is 0. The number of carbonyl (C=O) groups is 2. The van der Waals surface area contributed by atoms with Crippen molar-refractivity contribution >= 4 is 34.0 Å². The molecule has 0 fully saturated rings. The number of hydrogen-bond donors (Lipinski definition) is 1. The van der Waals surface area contributed by atoms with E-state index >= 15 is 0 Å². The zero-order valence-electron chi connectivity index (χ0n) is 18.2. The van der Waals surface area contributed by atoms with Crippen LogP contribution in [0.2, 0.25) is 0 Å². The van der Waals surface area contributed by atoms with Crippen LogP contribution in [0.15, 0.2) is 36.4 Å². The highest BCUT2D eigenvalue weighted by molar-refractivity contribution is 7.16. The maximum absolute atomic E-state index is 13.0. The van der Waals surface area contributed by atoms with Crippen molar-refractivity contribution in [1.29, 1.82) is 0 Å². The number of anilines is 2. The molecule has 0 bridgehead atoms. The van der Waals surface area contributed by atoms with E-state index in [2.05, 4.69) is 10.3 Å². The lowest BCUT2D eigenvalue weighted by atomic mass is 10.1. The monoisotopic (exact) mass is 453 g/mol. The molecular weight excluding hydrogens is 430 g/mol. The van der Waals surface area contributed by atoms with Crippen LogP contribution in [-0.2, 0) is 4.79 Å². The Balaban J connectivity index is 1.65. The number of thiazole rings is 1. The second-order valence-electron chi connectivity index (χ2n) is 7.02. The number of nitrogens with zero attached hydrogens (tertiary/aromatic N) is 2. The molecule has 8 nitrogen and oxygen atoms in total. The molecule has 166 valence electrons. The average molecular weight is 454 g/mol. The summed E-state index contributed by atoms with van der Waals surface area (Å²) in [5.41, 5.74) is 2.59. The van der Waals surface area contributed by atoms with Crippen molar-refractivity contribution in [3.8, 4) is 28.5 Å². The minimum absolute atomic E-state index is 0.0402. The van der Waals surface area contributed by atoms with Gasteiger partial charge >= 0.3 is 0 Å². The molecule has 0 spiro atoms. The first-order valence-corrected chi connectivity index (χ1v) is 10.9. The van der Waals surface area contributed by atoms with Gasteiger partial charge in [0.25, 0.3) is 11.8 Å². The SMILES string of the molecule is CCN1C(=O)COc2ccc(-c3nc(NC(=O)c4c(OC)cccc4OC)sc3C)cc21. The van der Waals surface area contributed by atoms with Crippen molar-refractivity contribution in [2.45, 2.75) is 13.8 Å². The van der Waals surface area contributed by atoms with Gasteiger partial charge in [0, 0.05) is 17.0 Å². The van der Waals surface area contributed by atoms with E-state index < -0.39 is 0 Å². The van der Waals surface area contributed by atoms with Crippen molar-refractivity contribution in [1.82, 2.24) is 4.98 Å². The summed E-state index contributed by atoms with van der Waals surface area (Å²) in [4.78, 5) is 32.4. The fraction of sp³-hybridized carbons (Fsp3) is 0.261. The third kappa shape index (κ3) is 3.87. The number of aromatic nitrogens is 1. The number of hydrogen-bond acceptors (Lipinski definition) is 7. The van der Waals surface area contributed by atoms with Gasteiger partial charge in [-0.1, -0.05) is 6.07 Å². The standard InChI is InChI=1S/C23H23N3O5S/c1-5-26-15-11-14(9-10-16(15)31-12-19(26)27)21-13(2)32-23(24-21)25-22(28)20-17(29-3)7-6-8-18(20)30-4/h6-11H,5,12H2,1-4H3,(H,24,25,28). The molecule has 1 aromatic heterocycles. The van der Waals surface area contributed by atoms with E-state index in [0.29, 0.717) is 34.5 Å². The van der Waals surface area contributed by atoms with Crippen LogP contribution in [0.5, 0.6) is 17.2 Å². The Morgan fingerprint density at radius 1 is 1.22 bits per heavy atom. The van der Waals surface area contributed by atoms with Gasteiger partial charge in [-0.2, -0.15) is 0 Å². The van der Waals surface area contributed by atoms with Crippen LogP contribution in [0, 0.1) is 6.92 Å². The van der Waals surface area contributed by atoms with Gasteiger partial charge in [-0.25, -0.2) is 4.98 Å². The van der Waals surface area contributed by atoms with Crippen LogP contribution in [0.25, 0.3) is 11.3 Å². The lowest BCUT2D eigenvalue weighted by Crippen LogP contribution is -2.38. The molecule has 2 aromatic carbocycles. The minimum Gasteiger partial charge on any atom is -0.496 e. The molecule has 1 aliphatic heterocycles. The summed E-state index contributed by atoms with van der Waals surface area (Å²) in [5, 5.41) is 3.30. The number of likely N-dealkylation sites (N-methyl/N-ethyl adjacent to an activating group) is 1. The van der Waals surface area contributed by atoms with Crippen LogP contribution in [-0.4, -0.2) is 44.2 Å². The van der Waals surface area contributed by atoms with Gasteiger partial charge in [0.1, 0.15) is 22.8 Å². The zero-order valence-corrected chi connectivity index (χ0v) is 19.0. The predicted octanol–water partition coefficient (Wildman–Crippen LogP) is 4.13. The fourth-order valence-corrected chi connectivity index (χ4v) is 4.48. The molecule has 4 rings (SSSR count). The lowest BCUT2D eigenvalue weighted by Gasteiger charge is -2.28. The number of nitrogens with one attached hydrogen (secondary N) is 1. The maximum Gasteiger partial charge on any atom is 0.265 e. The minimum atomic E-state index is -0.374. The summed E-state index contributed by atoms with van der Waals surface area (Å²) < 4.78 is 16.2. The predicted molar refractivity (Wildman–Crippen MR) is 123 cm³/mol. The summed E-state index contributed by atoms with van der Waals surface area (Å²) >= 11 is 1.37. The Kier molecular flexibility index (Phi) is 6.00. The van der Waals surface area contributed by atoms with Crippen molar-refractivity contribution in [3.63, 3.8) is 0 Å². The first kappa shape index (κ1) is 21.6. The zero-order chi connectivity index (χ0) is 22.8. The highest BCUT2D eigenvalue weighted by Gasteiger charge is 2.26. The molecule has 2 amide bonds. The third-order valence-corrected chi connectivity index (χ3v) is 6.05. The second-order valence-corrected chi connectivity index (χ2v) is 8.23. The molecule has 0 unspecified atom stereocenters. The van der Waals surface area contributed by atoms with Crippen LogP contribution in [0.1, 0.15) is 22.2 Å². The average Bonchev–Trinajstić information content (AvgIpc) is 3.17. The van der Waals surface area contributed by atoms with Crippen LogP contribution in [0.3, 0.4) is 0 Å². The molecule has 2 heterocycles. The first-order chi connectivity index (χ1) is 15.5. The normalized spacial score (nSPS) is 12.8. The van der Waals surface area contributed by atoms with E-state index in [1.807, 2.05) is 32.0 Å². The van der Waals surface area contributed by atoms with E-state index in [0.717, 1.165) is 21.8 Å². The van der Waals surface area contributed by atoms with E-state index in [4.69, 9.17) is 14.2 Å². The van der Waals surface area contributed by atoms with Gasteiger partial charge in [0.2, 0.25) is 0 Å². The van der Waals surface area contributed by atoms with Crippen molar-refractivity contribution in [2.24, 2.45) is 0 Å². The Hall–Kier alpha value is -3.59. The Bertz CT molecular complexity index is 1170. The fourth-order valence-electron chi connectivity index (χ4n) is 3.65. The number of methoxy groups -OCH3 is 2. The number of carbonyl (C=O) groups excluding carboxylic acids is 2. The lowest BCUT2D eigenvalue weighted by molar-refractivity contribution is -0.121. The molecule has 3 aromatic rings. The molecule has 0 saturated heterocycles. The van der Waals surface area contributed by atoms with Crippen LogP contribution in [0.4, 0.5) is 10.8 Å². The quantitative estimate of drug-likeness (QED) is 0.604. The first-order valence-electron chi connectivity index (χ1n) is 10.0. The van der Waals surface area contributed by atoms with E-state index in [1.165, 1.54) is 25.6 Å². The molecule has 1 aliphatic rings. The van der Waals surface area contributed by atoms with Crippen LogP contribution < -0.4 is 24.4 Å². The number of ether oxygens (including phenoxy) is 3.